The van der Waals surface area contributed by atoms with Crippen LogP contribution in [0.5, 0.6) is 0 Å². The van der Waals surface area contributed by atoms with Gasteiger partial charge in [0.15, 0.2) is 0 Å². The molecule has 1 unspecified atom stereocenters. The first-order valence-corrected chi connectivity index (χ1v) is 7.44. The first-order valence-electron chi connectivity index (χ1n) is 7.44. The van der Waals surface area contributed by atoms with E-state index in [1.807, 2.05) is 12.1 Å². The van der Waals surface area contributed by atoms with E-state index >= 15 is 0 Å². The molecule has 0 bridgehead atoms. The fourth-order valence-electron chi connectivity index (χ4n) is 2.12. The second-order valence-electron chi connectivity index (χ2n) is 5.19. The molecule has 0 aliphatic carbocycles. The Hall–Kier alpha value is -2.17. The fourth-order valence-corrected chi connectivity index (χ4v) is 2.12. The smallest absolute Gasteiger partial charge is 0.249 e. The summed E-state index contributed by atoms with van der Waals surface area (Å²) in [4.78, 5) is 16.0. The Morgan fingerprint density at radius 1 is 1.29 bits per heavy atom. The minimum atomic E-state index is -0.378. The number of aromatic nitrogens is 3. The lowest BCUT2D eigenvalue weighted by atomic mass is 10.1. The lowest BCUT2D eigenvalue weighted by Gasteiger charge is -2.12. The molecule has 1 amide bonds. The van der Waals surface area contributed by atoms with Gasteiger partial charge >= 0.3 is 0 Å². The van der Waals surface area contributed by atoms with Gasteiger partial charge in [-0.15, -0.1) is 0 Å². The summed E-state index contributed by atoms with van der Waals surface area (Å²) in [6.07, 6.45) is 7.77. The molecule has 0 aliphatic heterocycles. The van der Waals surface area contributed by atoms with Crippen molar-refractivity contribution in [3.8, 4) is 0 Å². The number of aryl methyl sites for hydroxylation is 1. The highest BCUT2D eigenvalue weighted by atomic mass is 16.2. The quantitative estimate of drug-likeness (QED) is 0.795. The summed E-state index contributed by atoms with van der Waals surface area (Å²) in [7, 11) is 0. The van der Waals surface area contributed by atoms with Crippen LogP contribution in [-0.2, 0) is 11.2 Å². The van der Waals surface area contributed by atoms with E-state index in [0.29, 0.717) is 0 Å². The maximum Gasteiger partial charge on any atom is 0.249 e. The molecule has 5 heteroatoms. The summed E-state index contributed by atoms with van der Waals surface area (Å²) in [5.74, 6) is -0.0979. The molecule has 1 heterocycles. The van der Waals surface area contributed by atoms with E-state index in [-0.39, 0.29) is 11.9 Å². The molecule has 2 aromatic rings. The van der Waals surface area contributed by atoms with Crippen LogP contribution in [0.3, 0.4) is 0 Å². The number of carbonyl (C=O) groups is 1. The van der Waals surface area contributed by atoms with Gasteiger partial charge in [-0.1, -0.05) is 31.9 Å². The number of hydrogen-bond donors (Lipinski definition) is 1. The van der Waals surface area contributed by atoms with E-state index in [1.165, 1.54) is 35.8 Å². The number of amides is 1. The van der Waals surface area contributed by atoms with Gasteiger partial charge in [-0.25, -0.2) is 9.67 Å². The van der Waals surface area contributed by atoms with E-state index in [9.17, 15) is 4.79 Å². The highest BCUT2D eigenvalue weighted by molar-refractivity contribution is 5.93. The zero-order valence-corrected chi connectivity index (χ0v) is 12.6. The van der Waals surface area contributed by atoms with Crippen molar-refractivity contribution in [2.24, 2.45) is 0 Å². The predicted molar refractivity (Wildman–Crippen MR) is 83.0 cm³/mol. The maximum atomic E-state index is 12.1. The number of anilines is 1. The van der Waals surface area contributed by atoms with Crippen molar-refractivity contribution < 1.29 is 4.79 Å². The molecule has 2 rings (SSSR count). The number of benzene rings is 1. The second kappa shape index (κ2) is 7.57. The van der Waals surface area contributed by atoms with E-state index in [4.69, 9.17) is 0 Å². The monoisotopic (exact) mass is 286 g/mol. The fraction of sp³-hybridized carbons (Fsp3) is 0.438. The number of nitrogens with one attached hydrogen (secondary N) is 1. The zero-order chi connectivity index (χ0) is 15.1. The molecule has 1 aromatic carbocycles. The third kappa shape index (κ3) is 4.41. The van der Waals surface area contributed by atoms with Crippen molar-refractivity contribution in [3.63, 3.8) is 0 Å². The van der Waals surface area contributed by atoms with Crippen LogP contribution >= 0.6 is 0 Å². The highest BCUT2D eigenvalue weighted by Crippen LogP contribution is 2.14. The summed E-state index contributed by atoms with van der Waals surface area (Å²) in [5.41, 5.74) is 2.12. The van der Waals surface area contributed by atoms with E-state index in [2.05, 4.69) is 34.5 Å². The van der Waals surface area contributed by atoms with Crippen molar-refractivity contribution in [1.82, 2.24) is 14.8 Å². The average molecular weight is 286 g/mol. The van der Waals surface area contributed by atoms with E-state index in [0.717, 1.165) is 12.1 Å². The SMILES string of the molecule is CCCCCc1ccc(NC(=O)C(C)n2cncn2)cc1. The Labute approximate surface area is 125 Å². The average Bonchev–Trinajstić information content (AvgIpc) is 3.02. The van der Waals surface area contributed by atoms with Crippen molar-refractivity contribution in [2.45, 2.75) is 45.6 Å². The standard InChI is InChI=1S/C16H22N4O/c1-3-4-5-6-14-7-9-15(10-8-14)19-16(21)13(2)20-12-17-11-18-20/h7-13H,3-6H2,1-2H3,(H,19,21). The largest absolute Gasteiger partial charge is 0.324 e. The molecule has 1 aromatic heterocycles. The molecule has 1 atom stereocenters. The van der Waals surface area contributed by atoms with Crippen LogP contribution in [0, 0.1) is 0 Å². The molecule has 112 valence electrons. The Morgan fingerprint density at radius 2 is 2.05 bits per heavy atom. The van der Waals surface area contributed by atoms with Crippen molar-refractivity contribution in [2.75, 3.05) is 5.32 Å². The number of nitrogens with zero attached hydrogens (tertiary/aromatic N) is 3. The van der Waals surface area contributed by atoms with Gasteiger partial charge < -0.3 is 5.32 Å². The molecule has 0 saturated heterocycles. The normalized spacial score (nSPS) is 12.1. The molecule has 1 N–H and O–H groups in total. The summed E-state index contributed by atoms with van der Waals surface area (Å²) in [5, 5.41) is 6.88. The van der Waals surface area contributed by atoms with Crippen LogP contribution in [-0.4, -0.2) is 20.7 Å². The Kier molecular flexibility index (Phi) is 5.49. The Morgan fingerprint density at radius 3 is 2.67 bits per heavy atom. The maximum absolute atomic E-state index is 12.1. The van der Waals surface area contributed by atoms with E-state index in [1.54, 1.807) is 13.3 Å². The lowest BCUT2D eigenvalue weighted by Crippen LogP contribution is -2.24. The number of hydrogen-bond acceptors (Lipinski definition) is 3. The van der Waals surface area contributed by atoms with E-state index < -0.39 is 0 Å². The van der Waals surface area contributed by atoms with Crippen LogP contribution in [0.4, 0.5) is 5.69 Å². The van der Waals surface area contributed by atoms with Crippen molar-refractivity contribution in [3.05, 3.63) is 42.5 Å². The molecule has 0 radical (unpaired) electrons. The van der Waals surface area contributed by atoms with Gasteiger partial charge in [0.25, 0.3) is 0 Å². The summed E-state index contributed by atoms with van der Waals surface area (Å²) in [6, 6.07) is 7.67. The molecular weight excluding hydrogens is 264 g/mol. The van der Waals surface area contributed by atoms with Gasteiger partial charge in [-0.05, 0) is 37.5 Å². The lowest BCUT2D eigenvalue weighted by molar-refractivity contribution is -0.119. The summed E-state index contributed by atoms with van der Waals surface area (Å²) >= 11 is 0. The van der Waals surface area contributed by atoms with Gasteiger partial charge in [0.1, 0.15) is 18.7 Å². The molecule has 0 fully saturated rings. The second-order valence-corrected chi connectivity index (χ2v) is 5.19. The molecule has 0 saturated carbocycles. The first kappa shape index (κ1) is 15.2. The summed E-state index contributed by atoms with van der Waals surface area (Å²) < 4.78 is 1.54. The molecule has 0 spiro atoms. The Bertz CT molecular complexity index is 548. The topological polar surface area (TPSA) is 59.8 Å². The van der Waals surface area contributed by atoms with Crippen molar-refractivity contribution >= 4 is 11.6 Å². The van der Waals surface area contributed by atoms with Crippen LogP contribution in [0.1, 0.15) is 44.7 Å². The Balaban J connectivity index is 1.89. The molecule has 21 heavy (non-hydrogen) atoms. The van der Waals surface area contributed by atoms with Crippen LogP contribution in [0.2, 0.25) is 0 Å². The number of carbonyl (C=O) groups excluding carboxylic acids is 1. The van der Waals surface area contributed by atoms with Gasteiger partial charge in [0.05, 0.1) is 0 Å². The minimum Gasteiger partial charge on any atom is -0.324 e. The van der Waals surface area contributed by atoms with Crippen LogP contribution < -0.4 is 5.32 Å². The third-order valence-electron chi connectivity index (χ3n) is 3.50. The van der Waals surface area contributed by atoms with Gasteiger partial charge in [-0.2, -0.15) is 5.10 Å². The molecule has 0 aliphatic rings. The molecular formula is C16H22N4O. The van der Waals surface area contributed by atoms with Crippen molar-refractivity contribution in [1.29, 1.82) is 0 Å². The van der Waals surface area contributed by atoms with Crippen LogP contribution in [0.25, 0.3) is 0 Å². The third-order valence-corrected chi connectivity index (χ3v) is 3.50. The van der Waals surface area contributed by atoms with Gasteiger partial charge in [-0.3, -0.25) is 4.79 Å². The minimum absolute atomic E-state index is 0.0979. The number of unbranched alkanes of at least 4 members (excludes halogenated alkanes) is 2. The molecule has 5 nitrogen and oxygen atoms in total. The predicted octanol–water partition coefficient (Wildman–Crippen LogP) is 3.21. The summed E-state index contributed by atoms with van der Waals surface area (Å²) in [6.45, 7) is 4.00. The number of rotatable bonds is 7. The highest BCUT2D eigenvalue weighted by Gasteiger charge is 2.15. The van der Waals surface area contributed by atoms with Crippen LogP contribution in [0.15, 0.2) is 36.9 Å². The zero-order valence-electron chi connectivity index (χ0n) is 12.6. The first-order chi connectivity index (χ1) is 10.2. The van der Waals surface area contributed by atoms with Gasteiger partial charge in [0, 0.05) is 5.69 Å². The van der Waals surface area contributed by atoms with Gasteiger partial charge in [0.2, 0.25) is 5.91 Å².